The number of benzene rings is 2. The zero-order valence-corrected chi connectivity index (χ0v) is 19.8. The van der Waals surface area contributed by atoms with Gasteiger partial charge >= 0.3 is 0 Å². The molecule has 0 spiro atoms. The lowest BCUT2D eigenvalue weighted by Gasteiger charge is -2.41. The lowest BCUT2D eigenvalue weighted by atomic mass is 9.87. The second kappa shape index (κ2) is 8.76. The molecule has 2 aromatic carbocycles. The van der Waals surface area contributed by atoms with Crippen molar-refractivity contribution in [3.05, 3.63) is 87.3 Å². The number of halogens is 2. The van der Waals surface area contributed by atoms with Crippen molar-refractivity contribution in [2.75, 3.05) is 0 Å². The van der Waals surface area contributed by atoms with Gasteiger partial charge < -0.3 is 9.88 Å². The molecule has 2 unspecified atom stereocenters. The number of pyridine rings is 1. The van der Waals surface area contributed by atoms with Gasteiger partial charge in [-0.2, -0.15) is 5.10 Å². The molecule has 1 amide bonds. The van der Waals surface area contributed by atoms with Crippen molar-refractivity contribution in [2.45, 2.75) is 45.2 Å². The highest BCUT2D eigenvalue weighted by Crippen LogP contribution is 2.41. The first kappa shape index (κ1) is 23.0. The molecule has 3 heterocycles. The Morgan fingerprint density at radius 1 is 1.06 bits per heavy atom. The molecule has 4 aromatic rings. The first-order valence-corrected chi connectivity index (χ1v) is 11.8. The molecule has 6 nitrogen and oxygen atoms in total. The van der Waals surface area contributed by atoms with Crippen LogP contribution in [-0.4, -0.2) is 31.6 Å². The van der Waals surface area contributed by atoms with E-state index in [1.807, 2.05) is 18.7 Å². The Labute approximate surface area is 201 Å². The molecule has 0 radical (unpaired) electrons. The van der Waals surface area contributed by atoms with Crippen LogP contribution in [0.2, 0.25) is 0 Å². The van der Waals surface area contributed by atoms with Crippen LogP contribution in [0.5, 0.6) is 0 Å². The molecule has 1 aliphatic heterocycles. The van der Waals surface area contributed by atoms with E-state index in [1.165, 1.54) is 18.2 Å². The average molecular weight is 477 g/mol. The maximum Gasteiger partial charge on any atom is 0.254 e. The van der Waals surface area contributed by atoms with Gasteiger partial charge in [0.2, 0.25) is 5.56 Å². The van der Waals surface area contributed by atoms with Gasteiger partial charge in [0.1, 0.15) is 11.6 Å². The van der Waals surface area contributed by atoms with E-state index in [9.17, 15) is 18.4 Å². The number of aromatic amines is 1. The lowest BCUT2D eigenvalue weighted by Crippen LogP contribution is -2.47. The molecule has 180 valence electrons. The Morgan fingerprint density at radius 2 is 1.80 bits per heavy atom. The molecule has 0 fully saturated rings. The Hall–Kier alpha value is -3.81. The quantitative estimate of drug-likeness (QED) is 0.444. The van der Waals surface area contributed by atoms with Crippen LogP contribution in [0.4, 0.5) is 8.78 Å². The van der Waals surface area contributed by atoms with Gasteiger partial charge in [-0.05, 0) is 61.0 Å². The minimum Gasteiger partial charge on any atom is -0.327 e. The number of aryl methyl sites for hydroxylation is 1. The second-order valence-corrected chi connectivity index (χ2v) is 9.02. The number of fused-ring (bicyclic) bond motifs is 2. The van der Waals surface area contributed by atoms with Crippen LogP contribution < -0.4 is 5.56 Å². The zero-order valence-electron chi connectivity index (χ0n) is 19.8. The summed E-state index contributed by atoms with van der Waals surface area (Å²) in [6.07, 6.45) is 1.90. The molecule has 5 rings (SSSR count). The number of nitrogens with one attached hydrogen (secondary N) is 1. The summed E-state index contributed by atoms with van der Waals surface area (Å²) in [6, 6.07) is 11.5. The van der Waals surface area contributed by atoms with Gasteiger partial charge in [-0.15, -0.1) is 0 Å². The average Bonchev–Trinajstić information content (AvgIpc) is 3.16. The van der Waals surface area contributed by atoms with E-state index in [0.717, 1.165) is 22.7 Å². The zero-order chi connectivity index (χ0) is 24.9. The molecule has 0 bridgehead atoms. The fourth-order valence-corrected chi connectivity index (χ4v) is 5.30. The molecular formula is C27H26F2N4O2. The predicted octanol–water partition coefficient (Wildman–Crippen LogP) is 5.14. The third kappa shape index (κ3) is 3.92. The van der Waals surface area contributed by atoms with Gasteiger partial charge in [-0.3, -0.25) is 14.3 Å². The van der Waals surface area contributed by atoms with E-state index >= 15 is 0 Å². The normalized spacial score (nSPS) is 17.6. The summed E-state index contributed by atoms with van der Waals surface area (Å²) in [4.78, 5) is 30.1. The van der Waals surface area contributed by atoms with Crippen molar-refractivity contribution in [2.24, 2.45) is 7.05 Å². The minimum atomic E-state index is -0.640. The number of hydrogen-bond acceptors (Lipinski definition) is 3. The van der Waals surface area contributed by atoms with Crippen LogP contribution in [0, 0.1) is 11.6 Å². The molecule has 0 saturated heterocycles. The van der Waals surface area contributed by atoms with Crippen molar-refractivity contribution >= 4 is 16.8 Å². The molecule has 1 aliphatic rings. The van der Waals surface area contributed by atoms with E-state index in [1.54, 1.807) is 36.0 Å². The second-order valence-electron chi connectivity index (χ2n) is 9.02. The van der Waals surface area contributed by atoms with Crippen molar-refractivity contribution in [3.63, 3.8) is 0 Å². The van der Waals surface area contributed by atoms with Crippen LogP contribution in [-0.2, 0) is 13.5 Å². The molecular weight excluding hydrogens is 450 g/mol. The highest BCUT2D eigenvalue weighted by Gasteiger charge is 2.40. The predicted molar refractivity (Wildman–Crippen MR) is 130 cm³/mol. The van der Waals surface area contributed by atoms with Crippen LogP contribution >= 0.6 is 0 Å². The Morgan fingerprint density at radius 3 is 2.49 bits per heavy atom. The SMILES string of the molecule is CCC1Cc2c(nn(C)c2-c2cc(F)cc(F)c2)C(CC)N1C(=O)c1ccc2[nH]c(=O)ccc2c1. The third-order valence-electron chi connectivity index (χ3n) is 6.86. The topological polar surface area (TPSA) is 71.0 Å². The Bertz CT molecular complexity index is 1490. The van der Waals surface area contributed by atoms with Crippen LogP contribution in [0.1, 0.15) is 54.3 Å². The number of carbonyl (C=O) groups excluding carboxylic acids is 1. The van der Waals surface area contributed by atoms with E-state index in [2.05, 4.69) is 4.98 Å². The number of carbonyl (C=O) groups is 1. The summed E-state index contributed by atoms with van der Waals surface area (Å²) in [5, 5.41) is 5.51. The van der Waals surface area contributed by atoms with Crippen molar-refractivity contribution < 1.29 is 13.6 Å². The highest BCUT2D eigenvalue weighted by molar-refractivity contribution is 5.98. The number of aromatic nitrogens is 3. The molecule has 2 atom stereocenters. The smallest absolute Gasteiger partial charge is 0.254 e. The summed E-state index contributed by atoms with van der Waals surface area (Å²) in [5.74, 6) is -1.38. The van der Waals surface area contributed by atoms with Crippen LogP contribution in [0.15, 0.2) is 53.3 Å². The summed E-state index contributed by atoms with van der Waals surface area (Å²) >= 11 is 0. The van der Waals surface area contributed by atoms with Crippen molar-refractivity contribution in [1.29, 1.82) is 0 Å². The number of amides is 1. The van der Waals surface area contributed by atoms with Gasteiger partial charge in [-0.25, -0.2) is 8.78 Å². The summed E-state index contributed by atoms with van der Waals surface area (Å²) in [5.41, 5.74) is 3.82. The monoisotopic (exact) mass is 476 g/mol. The number of nitrogens with zero attached hydrogens (tertiary/aromatic N) is 3. The van der Waals surface area contributed by atoms with Gasteiger partial charge in [0.15, 0.2) is 0 Å². The van der Waals surface area contributed by atoms with Crippen molar-refractivity contribution in [3.8, 4) is 11.3 Å². The third-order valence-corrected chi connectivity index (χ3v) is 6.86. The van der Waals surface area contributed by atoms with E-state index in [4.69, 9.17) is 5.10 Å². The van der Waals surface area contributed by atoms with Crippen LogP contribution in [0.25, 0.3) is 22.2 Å². The number of hydrogen-bond donors (Lipinski definition) is 1. The minimum absolute atomic E-state index is 0.104. The Balaban J connectivity index is 1.59. The van der Waals surface area contributed by atoms with Gasteiger partial charge in [0, 0.05) is 47.4 Å². The molecule has 35 heavy (non-hydrogen) atoms. The maximum absolute atomic E-state index is 14.0. The number of rotatable bonds is 4. The molecule has 0 saturated carbocycles. The summed E-state index contributed by atoms with van der Waals surface area (Å²) in [7, 11) is 1.76. The summed E-state index contributed by atoms with van der Waals surface area (Å²) < 4.78 is 29.7. The molecule has 2 aromatic heterocycles. The van der Waals surface area contributed by atoms with Crippen LogP contribution in [0.3, 0.4) is 0 Å². The van der Waals surface area contributed by atoms with E-state index in [-0.39, 0.29) is 23.6 Å². The van der Waals surface area contributed by atoms with E-state index in [0.29, 0.717) is 41.6 Å². The highest BCUT2D eigenvalue weighted by atomic mass is 19.1. The molecule has 0 aliphatic carbocycles. The van der Waals surface area contributed by atoms with E-state index < -0.39 is 11.6 Å². The largest absolute Gasteiger partial charge is 0.327 e. The molecule has 1 N–H and O–H groups in total. The fourth-order valence-electron chi connectivity index (χ4n) is 5.30. The maximum atomic E-state index is 14.0. The Kier molecular flexibility index (Phi) is 5.75. The van der Waals surface area contributed by atoms with Gasteiger partial charge in [-0.1, -0.05) is 13.8 Å². The lowest BCUT2D eigenvalue weighted by molar-refractivity contribution is 0.0513. The standard InChI is InChI=1S/C27H26F2N4O2/c1-4-20-14-21-25(31-32(3)26(21)17-11-18(28)13-19(29)12-17)23(5-2)33(20)27(35)16-6-8-22-15(10-16)7-9-24(34)30-22/h6-13,20,23H,4-5,14H2,1-3H3,(H,30,34). The first-order valence-electron chi connectivity index (χ1n) is 11.8. The van der Waals surface area contributed by atoms with Gasteiger partial charge in [0.25, 0.3) is 5.91 Å². The first-order chi connectivity index (χ1) is 16.8. The molecule has 8 heteroatoms. The summed E-state index contributed by atoms with van der Waals surface area (Å²) in [6.45, 7) is 4.04. The van der Waals surface area contributed by atoms with Crippen molar-refractivity contribution in [1.82, 2.24) is 19.7 Å². The fraction of sp³-hybridized carbons (Fsp3) is 0.296. The van der Waals surface area contributed by atoms with Gasteiger partial charge in [0.05, 0.1) is 17.4 Å². The number of H-pyrrole nitrogens is 1.